The summed E-state index contributed by atoms with van der Waals surface area (Å²) in [6, 6.07) is 1.84. The van der Waals surface area contributed by atoms with Crippen molar-refractivity contribution in [3.05, 3.63) is 11.9 Å². The van der Waals surface area contributed by atoms with Crippen LogP contribution in [0, 0.1) is 0 Å². The van der Waals surface area contributed by atoms with Crippen molar-refractivity contribution in [2.24, 2.45) is 0 Å². The summed E-state index contributed by atoms with van der Waals surface area (Å²) in [6.07, 6.45) is 1.06. The van der Waals surface area contributed by atoms with E-state index < -0.39 is 0 Å². The molecule has 0 unspecified atom stereocenters. The molecule has 108 valence electrons. The summed E-state index contributed by atoms with van der Waals surface area (Å²) in [5.41, 5.74) is 0. The summed E-state index contributed by atoms with van der Waals surface area (Å²) < 4.78 is 10.8. The van der Waals surface area contributed by atoms with Crippen molar-refractivity contribution >= 4 is 5.82 Å². The second-order valence-electron chi connectivity index (χ2n) is 4.58. The molecular formula is C14H25N3O2. The summed E-state index contributed by atoms with van der Waals surface area (Å²) in [4.78, 5) is 8.89. The highest BCUT2D eigenvalue weighted by atomic mass is 16.5. The summed E-state index contributed by atoms with van der Waals surface area (Å²) in [5, 5.41) is 3.27. The largest absolute Gasteiger partial charge is 0.475 e. The van der Waals surface area contributed by atoms with E-state index in [9.17, 15) is 0 Å². The Balaban J connectivity index is 2.69. The minimum Gasteiger partial charge on any atom is -0.475 e. The van der Waals surface area contributed by atoms with E-state index in [1.165, 1.54) is 0 Å². The third-order valence-electron chi connectivity index (χ3n) is 2.47. The molecule has 1 N–H and O–H groups in total. The van der Waals surface area contributed by atoms with Gasteiger partial charge in [0.1, 0.15) is 18.2 Å². The zero-order valence-electron chi connectivity index (χ0n) is 12.4. The molecule has 1 heterocycles. The van der Waals surface area contributed by atoms with Crippen LogP contribution in [0.1, 0.15) is 45.9 Å². The van der Waals surface area contributed by atoms with E-state index in [1.807, 2.05) is 13.0 Å². The SMILES string of the molecule is CCCNc1cc(OCCOCC)nc(C(C)C)n1. The van der Waals surface area contributed by atoms with Gasteiger partial charge >= 0.3 is 0 Å². The van der Waals surface area contributed by atoms with Crippen LogP contribution in [-0.2, 0) is 4.74 Å². The van der Waals surface area contributed by atoms with E-state index in [0.29, 0.717) is 25.7 Å². The second-order valence-corrected chi connectivity index (χ2v) is 4.58. The zero-order valence-corrected chi connectivity index (χ0v) is 12.4. The molecule has 0 aromatic carbocycles. The van der Waals surface area contributed by atoms with Crippen LogP contribution in [0.2, 0.25) is 0 Å². The van der Waals surface area contributed by atoms with Gasteiger partial charge in [-0.25, -0.2) is 4.98 Å². The first-order valence-corrected chi connectivity index (χ1v) is 7.00. The van der Waals surface area contributed by atoms with Crippen LogP contribution < -0.4 is 10.1 Å². The maximum atomic E-state index is 5.60. The smallest absolute Gasteiger partial charge is 0.218 e. The standard InChI is InChI=1S/C14H25N3O2/c1-5-7-15-12-10-13(19-9-8-18-6-2)17-14(16-12)11(3)4/h10-11H,5-9H2,1-4H3,(H,15,16,17). The van der Waals surface area contributed by atoms with Gasteiger partial charge in [-0.05, 0) is 13.3 Å². The normalized spacial score (nSPS) is 10.8. The first kappa shape index (κ1) is 15.7. The van der Waals surface area contributed by atoms with Gasteiger partial charge in [0.05, 0.1) is 6.61 Å². The molecule has 0 radical (unpaired) electrons. The summed E-state index contributed by atoms with van der Waals surface area (Å²) in [7, 11) is 0. The minimum absolute atomic E-state index is 0.276. The average molecular weight is 267 g/mol. The van der Waals surface area contributed by atoms with Gasteiger partial charge in [-0.15, -0.1) is 0 Å². The fraction of sp³-hybridized carbons (Fsp3) is 0.714. The molecule has 0 atom stereocenters. The lowest BCUT2D eigenvalue weighted by Crippen LogP contribution is -2.11. The molecule has 5 nitrogen and oxygen atoms in total. The van der Waals surface area contributed by atoms with E-state index in [-0.39, 0.29) is 5.92 Å². The van der Waals surface area contributed by atoms with Gasteiger partial charge in [0.15, 0.2) is 0 Å². The monoisotopic (exact) mass is 267 g/mol. The maximum Gasteiger partial charge on any atom is 0.218 e. The highest BCUT2D eigenvalue weighted by Gasteiger charge is 2.08. The molecule has 0 bridgehead atoms. The predicted octanol–water partition coefficient (Wildman–Crippen LogP) is 2.84. The molecule has 0 amide bonds. The van der Waals surface area contributed by atoms with Gasteiger partial charge < -0.3 is 14.8 Å². The number of hydrogen-bond donors (Lipinski definition) is 1. The Hall–Kier alpha value is -1.36. The van der Waals surface area contributed by atoms with Crippen LogP contribution in [0.4, 0.5) is 5.82 Å². The van der Waals surface area contributed by atoms with Crippen molar-refractivity contribution in [3.63, 3.8) is 0 Å². The molecule has 1 rings (SSSR count). The Morgan fingerprint density at radius 3 is 2.63 bits per heavy atom. The van der Waals surface area contributed by atoms with Crippen LogP contribution >= 0.6 is 0 Å². The molecular weight excluding hydrogens is 242 g/mol. The third kappa shape index (κ3) is 5.87. The van der Waals surface area contributed by atoms with Crippen molar-refractivity contribution in [1.82, 2.24) is 9.97 Å². The number of aromatic nitrogens is 2. The maximum absolute atomic E-state index is 5.60. The molecule has 0 saturated heterocycles. The van der Waals surface area contributed by atoms with Crippen molar-refractivity contribution < 1.29 is 9.47 Å². The number of anilines is 1. The number of rotatable bonds is 9. The number of hydrogen-bond acceptors (Lipinski definition) is 5. The lowest BCUT2D eigenvalue weighted by atomic mass is 10.2. The fourth-order valence-electron chi connectivity index (χ4n) is 1.47. The molecule has 5 heteroatoms. The lowest BCUT2D eigenvalue weighted by Gasteiger charge is -2.12. The van der Waals surface area contributed by atoms with Gasteiger partial charge in [0, 0.05) is 25.1 Å². The Morgan fingerprint density at radius 2 is 2.00 bits per heavy atom. The molecule has 0 fully saturated rings. The van der Waals surface area contributed by atoms with Crippen molar-refractivity contribution in [2.75, 3.05) is 31.7 Å². The quantitative estimate of drug-likeness (QED) is 0.697. The Kier molecular flexibility index (Phi) is 7.18. The predicted molar refractivity (Wildman–Crippen MR) is 76.9 cm³/mol. The van der Waals surface area contributed by atoms with Gasteiger partial charge in [0.25, 0.3) is 0 Å². The summed E-state index contributed by atoms with van der Waals surface area (Å²) >= 11 is 0. The molecule has 0 saturated carbocycles. The molecule has 1 aromatic heterocycles. The fourth-order valence-corrected chi connectivity index (χ4v) is 1.47. The van der Waals surface area contributed by atoms with Gasteiger partial charge in [0.2, 0.25) is 5.88 Å². The molecule has 0 aliphatic heterocycles. The Morgan fingerprint density at radius 1 is 1.21 bits per heavy atom. The van der Waals surface area contributed by atoms with E-state index >= 15 is 0 Å². The molecule has 1 aromatic rings. The van der Waals surface area contributed by atoms with Gasteiger partial charge in [-0.1, -0.05) is 20.8 Å². The van der Waals surface area contributed by atoms with Crippen molar-refractivity contribution in [1.29, 1.82) is 0 Å². The van der Waals surface area contributed by atoms with E-state index in [1.54, 1.807) is 0 Å². The molecule has 0 aliphatic carbocycles. The Labute approximate surface area is 115 Å². The van der Waals surface area contributed by atoms with Crippen LogP contribution in [0.15, 0.2) is 6.07 Å². The van der Waals surface area contributed by atoms with E-state index in [4.69, 9.17) is 9.47 Å². The van der Waals surface area contributed by atoms with Crippen molar-refractivity contribution in [3.8, 4) is 5.88 Å². The summed E-state index contributed by atoms with van der Waals surface area (Å²) in [5.74, 6) is 2.51. The van der Waals surface area contributed by atoms with Crippen molar-refractivity contribution in [2.45, 2.75) is 40.0 Å². The first-order chi connectivity index (χ1) is 9.17. The Bertz CT molecular complexity index is 370. The highest BCUT2D eigenvalue weighted by Crippen LogP contribution is 2.18. The number of nitrogens with one attached hydrogen (secondary N) is 1. The number of nitrogens with zero attached hydrogens (tertiary/aromatic N) is 2. The topological polar surface area (TPSA) is 56.3 Å². The van der Waals surface area contributed by atoms with E-state index in [2.05, 4.69) is 36.1 Å². The molecule has 0 spiro atoms. The van der Waals surface area contributed by atoms with Gasteiger partial charge in [-0.2, -0.15) is 4.98 Å². The van der Waals surface area contributed by atoms with Gasteiger partial charge in [-0.3, -0.25) is 0 Å². The average Bonchev–Trinajstić information content (AvgIpc) is 2.41. The summed E-state index contributed by atoms with van der Waals surface area (Å²) in [6.45, 7) is 10.9. The first-order valence-electron chi connectivity index (χ1n) is 7.00. The lowest BCUT2D eigenvalue weighted by molar-refractivity contribution is 0.108. The molecule has 0 aliphatic rings. The number of ether oxygens (including phenoxy) is 2. The van der Waals surface area contributed by atoms with Crippen LogP contribution in [0.5, 0.6) is 5.88 Å². The molecule has 19 heavy (non-hydrogen) atoms. The van der Waals surface area contributed by atoms with E-state index in [0.717, 1.165) is 24.6 Å². The van der Waals surface area contributed by atoms with Crippen LogP contribution in [-0.4, -0.2) is 36.3 Å². The third-order valence-corrected chi connectivity index (χ3v) is 2.47. The van der Waals surface area contributed by atoms with Crippen LogP contribution in [0.25, 0.3) is 0 Å². The zero-order chi connectivity index (χ0) is 14.1. The second kappa shape index (κ2) is 8.69. The highest BCUT2D eigenvalue weighted by molar-refractivity contribution is 5.38. The van der Waals surface area contributed by atoms with Crippen LogP contribution in [0.3, 0.4) is 0 Å². The minimum atomic E-state index is 0.276.